The van der Waals surface area contributed by atoms with Crippen LogP contribution < -0.4 is 0 Å². The summed E-state index contributed by atoms with van der Waals surface area (Å²) in [6.45, 7) is 2.21. The lowest BCUT2D eigenvalue weighted by molar-refractivity contribution is -0.142. The van der Waals surface area contributed by atoms with Gasteiger partial charge < -0.3 is 0 Å². The molecule has 4 aromatic rings. The van der Waals surface area contributed by atoms with Gasteiger partial charge in [-0.05, 0) is 66.0 Å². The molecular formula is C33H28F6. The lowest BCUT2D eigenvalue weighted by Gasteiger charge is -2.09. The number of unbranched alkanes of at least 4 members (excludes halogenated alkanes) is 3. The number of alkyl halides is 3. The summed E-state index contributed by atoms with van der Waals surface area (Å²) < 4.78 is 81.0. The fraction of sp³-hybridized carbons (Fsp3) is 0.273. The Bertz CT molecular complexity index is 1480. The van der Waals surface area contributed by atoms with Gasteiger partial charge in [0.1, 0.15) is 23.0 Å². The number of fused-ring (bicyclic) bond motifs is 1. The molecule has 4 rings (SSSR count). The minimum Gasteiger partial charge on any atom is -0.206 e. The highest BCUT2D eigenvalue weighted by Gasteiger charge is 2.37. The van der Waals surface area contributed by atoms with E-state index in [0.29, 0.717) is 22.9 Å². The normalized spacial score (nSPS) is 11.5. The van der Waals surface area contributed by atoms with Crippen LogP contribution in [0.3, 0.4) is 0 Å². The molecule has 0 amide bonds. The first-order valence-corrected chi connectivity index (χ1v) is 13.0. The highest BCUT2D eigenvalue weighted by Crippen LogP contribution is 2.34. The zero-order valence-corrected chi connectivity index (χ0v) is 21.6. The smallest absolute Gasteiger partial charge is 0.206 e. The summed E-state index contributed by atoms with van der Waals surface area (Å²) in [4.78, 5) is 0. The lowest BCUT2D eigenvalue weighted by atomic mass is 9.98. The molecule has 0 aliphatic heterocycles. The topological polar surface area (TPSA) is 0 Å². The van der Waals surface area contributed by atoms with Gasteiger partial charge in [-0.3, -0.25) is 0 Å². The third-order valence-corrected chi connectivity index (χ3v) is 6.73. The third-order valence-electron chi connectivity index (χ3n) is 6.73. The highest BCUT2D eigenvalue weighted by molar-refractivity contribution is 5.85. The Hall–Kier alpha value is -3.72. The molecule has 0 aromatic heterocycles. The van der Waals surface area contributed by atoms with E-state index in [9.17, 15) is 22.0 Å². The molecule has 0 nitrogen and oxygen atoms in total. The van der Waals surface area contributed by atoms with Gasteiger partial charge in [-0.1, -0.05) is 86.6 Å². The number of halogens is 6. The van der Waals surface area contributed by atoms with Crippen molar-refractivity contribution in [3.05, 3.63) is 118 Å². The molecule has 0 N–H and O–H groups in total. The fourth-order valence-corrected chi connectivity index (χ4v) is 4.57. The van der Waals surface area contributed by atoms with Crippen LogP contribution in [0.1, 0.15) is 66.0 Å². The summed E-state index contributed by atoms with van der Waals surface area (Å²) in [5, 5.41) is 1.02. The molecule has 0 aliphatic rings. The van der Waals surface area contributed by atoms with Gasteiger partial charge in [0.2, 0.25) is 0 Å². The number of rotatable bonds is 8. The van der Waals surface area contributed by atoms with Crippen molar-refractivity contribution < 1.29 is 26.3 Å². The predicted molar refractivity (Wildman–Crippen MR) is 143 cm³/mol. The Morgan fingerprint density at radius 2 is 1.26 bits per heavy atom. The van der Waals surface area contributed by atoms with Gasteiger partial charge >= 0.3 is 6.18 Å². The summed E-state index contributed by atoms with van der Waals surface area (Å²) in [5.74, 6) is 0.702. The lowest BCUT2D eigenvalue weighted by Crippen LogP contribution is -2.11. The fourth-order valence-electron chi connectivity index (χ4n) is 4.57. The minimum absolute atomic E-state index is 0.0225. The molecule has 6 heteroatoms. The van der Waals surface area contributed by atoms with Gasteiger partial charge in [0.15, 0.2) is 0 Å². The van der Waals surface area contributed by atoms with Crippen molar-refractivity contribution in [1.82, 2.24) is 0 Å². The number of hydrogen-bond donors (Lipinski definition) is 0. The molecule has 0 heterocycles. The van der Waals surface area contributed by atoms with E-state index < -0.39 is 29.2 Å². The summed E-state index contributed by atoms with van der Waals surface area (Å²) in [7, 11) is 0. The molecule has 0 fully saturated rings. The Labute approximate surface area is 224 Å². The molecule has 0 aliphatic carbocycles. The molecule has 0 saturated heterocycles. The monoisotopic (exact) mass is 538 g/mol. The largest absolute Gasteiger partial charge is 0.422 e. The Morgan fingerprint density at radius 3 is 1.90 bits per heavy atom. The number of benzene rings is 4. The molecule has 0 saturated carbocycles. The maximum Gasteiger partial charge on any atom is 0.422 e. The van der Waals surface area contributed by atoms with E-state index in [1.807, 2.05) is 12.1 Å². The molecule has 4 aromatic carbocycles. The van der Waals surface area contributed by atoms with Gasteiger partial charge in [-0.15, -0.1) is 0 Å². The quantitative estimate of drug-likeness (QED) is 0.119. The number of aryl methyl sites for hydroxylation is 3. The molecule has 0 atom stereocenters. The Morgan fingerprint density at radius 1 is 0.641 bits per heavy atom. The zero-order valence-electron chi connectivity index (χ0n) is 21.6. The van der Waals surface area contributed by atoms with Crippen molar-refractivity contribution in [3.8, 4) is 11.8 Å². The molecule has 202 valence electrons. The standard InChI is InChI=1S/C33H28F6/c1-2-3-4-5-6-22-7-9-23(10-8-22)11-12-24-14-18-28-27(19-24)17-16-26(32(28)36)15-13-25-20-29(34)31(30(35)21-25)33(37,38)39/h7-10,14,16-21H,2-6,11-12H2,1H3. The predicted octanol–water partition coefficient (Wildman–Crippen LogP) is 9.58. The second kappa shape index (κ2) is 12.4. The van der Waals surface area contributed by atoms with Crippen molar-refractivity contribution in [2.75, 3.05) is 0 Å². The van der Waals surface area contributed by atoms with Crippen LogP contribution in [0.4, 0.5) is 26.3 Å². The average Bonchev–Trinajstić information content (AvgIpc) is 2.89. The molecule has 0 bridgehead atoms. The highest BCUT2D eigenvalue weighted by atomic mass is 19.4. The van der Waals surface area contributed by atoms with Crippen LogP contribution in [0.15, 0.2) is 66.7 Å². The second-order valence-corrected chi connectivity index (χ2v) is 9.67. The zero-order chi connectivity index (χ0) is 28.0. The SMILES string of the molecule is CCCCCCc1ccc(CCc2ccc3c(F)c(C#Cc4cc(F)c(C(F)(F)F)c(F)c4)ccc3c2)cc1. The molecule has 0 radical (unpaired) electrons. The molecule has 39 heavy (non-hydrogen) atoms. The van der Waals surface area contributed by atoms with Crippen LogP contribution in [0, 0.1) is 29.3 Å². The molecule has 0 unspecified atom stereocenters. The Balaban J connectivity index is 1.44. The van der Waals surface area contributed by atoms with E-state index in [1.54, 1.807) is 12.1 Å². The summed E-state index contributed by atoms with van der Waals surface area (Å²) in [5.41, 5.74) is 1.32. The Kier molecular flexibility index (Phi) is 9.01. The van der Waals surface area contributed by atoms with Crippen molar-refractivity contribution in [3.63, 3.8) is 0 Å². The van der Waals surface area contributed by atoms with Gasteiger partial charge in [-0.25, -0.2) is 13.2 Å². The van der Waals surface area contributed by atoms with Gasteiger partial charge in [0.25, 0.3) is 0 Å². The van der Waals surface area contributed by atoms with E-state index in [0.717, 1.165) is 24.8 Å². The van der Waals surface area contributed by atoms with Crippen molar-refractivity contribution in [2.45, 2.75) is 58.0 Å². The van der Waals surface area contributed by atoms with Crippen LogP contribution >= 0.6 is 0 Å². The molecule has 0 spiro atoms. The van der Waals surface area contributed by atoms with Crippen LogP contribution in [0.25, 0.3) is 10.8 Å². The number of hydrogen-bond acceptors (Lipinski definition) is 0. The van der Waals surface area contributed by atoms with Crippen LogP contribution in [-0.2, 0) is 25.4 Å². The first-order chi connectivity index (χ1) is 18.7. The van der Waals surface area contributed by atoms with Crippen molar-refractivity contribution in [1.29, 1.82) is 0 Å². The minimum atomic E-state index is -5.17. The first-order valence-electron chi connectivity index (χ1n) is 13.0. The van der Waals surface area contributed by atoms with E-state index >= 15 is 4.39 Å². The summed E-state index contributed by atoms with van der Waals surface area (Å²) >= 11 is 0. The van der Waals surface area contributed by atoms with Crippen LogP contribution in [0.5, 0.6) is 0 Å². The van der Waals surface area contributed by atoms with E-state index in [2.05, 4.69) is 43.0 Å². The third kappa shape index (κ3) is 7.23. The van der Waals surface area contributed by atoms with Gasteiger partial charge in [-0.2, -0.15) is 13.2 Å². The van der Waals surface area contributed by atoms with Crippen LogP contribution in [0.2, 0.25) is 0 Å². The maximum atomic E-state index is 15.1. The van der Waals surface area contributed by atoms with Crippen LogP contribution in [-0.4, -0.2) is 0 Å². The maximum absolute atomic E-state index is 15.1. The first kappa shape index (κ1) is 28.3. The summed E-state index contributed by atoms with van der Waals surface area (Å²) in [6.07, 6.45) is 2.55. The van der Waals surface area contributed by atoms with Gasteiger partial charge in [0.05, 0.1) is 5.56 Å². The van der Waals surface area contributed by atoms with E-state index in [4.69, 9.17) is 0 Å². The van der Waals surface area contributed by atoms with Crippen molar-refractivity contribution in [2.24, 2.45) is 0 Å². The average molecular weight is 539 g/mol. The van der Waals surface area contributed by atoms with E-state index in [-0.39, 0.29) is 11.1 Å². The summed E-state index contributed by atoms with van der Waals surface area (Å²) in [6, 6.07) is 18.3. The van der Waals surface area contributed by atoms with Gasteiger partial charge in [0, 0.05) is 10.9 Å². The molecular weight excluding hydrogens is 510 g/mol. The second-order valence-electron chi connectivity index (χ2n) is 9.67. The van der Waals surface area contributed by atoms with E-state index in [1.165, 1.54) is 42.9 Å². The van der Waals surface area contributed by atoms with Crippen molar-refractivity contribution >= 4 is 10.8 Å².